The van der Waals surface area contributed by atoms with Crippen LogP contribution in [-0.2, 0) is 11.2 Å². The zero-order valence-electron chi connectivity index (χ0n) is 11.3. The molecule has 0 aliphatic heterocycles. The molecule has 3 nitrogen and oxygen atoms in total. The summed E-state index contributed by atoms with van der Waals surface area (Å²) < 4.78 is 1.07. The van der Waals surface area contributed by atoms with Crippen LogP contribution in [0.25, 0.3) is 0 Å². The smallest absolute Gasteiger partial charge is 0.250 e. The Kier molecular flexibility index (Phi) is 5.09. The summed E-state index contributed by atoms with van der Waals surface area (Å²) in [4.78, 5) is 17.0. The molecule has 104 valence electrons. The summed E-state index contributed by atoms with van der Waals surface area (Å²) in [6.07, 6.45) is 4.20. The maximum Gasteiger partial charge on any atom is 0.250 e. The van der Waals surface area contributed by atoms with E-state index in [9.17, 15) is 4.79 Å². The van der Waals surface area contributed by atoms with Crippen LogP contribution in [0.4, 0.5) is 5.13 Å². The molecule has 1 aromatic carbocycles. The van der Waals surface area contributed by atoms with E-state index >= 15 is 0 Å². The Morgan fingerprint density at radius 2 is 2.05 bits per heavy atom. The van der Waals surface area contributed by atoms with Gasteiger partial charge in [0.2, 0.25) is 5.91 Å². The van der Waals surface area contributed by atoms with Crippen molar-refractivity contribution < 1.29 is 4.79 Å². The molecule has 0 aliphatic rings. The minimum Gasteiger partial charge on any atom is -0.298 e. The third-order valence-corrected chi connectivity index (χ3v) is 3.94. The number of hydrogen-bond acceptors (Lipinski definition) is 3. The van der Waals surface area contributed by atoms with Gasteiger partial charge in [0.15, 0.2) is 5.13 Å². The van der Waals surface area contributed by atoms with E-state index in [0.29, 0.717) is 5.13 Å². The first kappa shape index (κ1) is 14.9. The van der Waals surface area contributed by atoms with Crippen molar-refractivity contribution in [2.75, 3.05) is 5.32 Å². The van der Waals surface area contributed by atoms with Crippen molar-refractivity contribution in [2.24, 2.45) is 0 Å². The molecule has 2 rings (SSSR count). The SMILES string of the molecule is CC(C)=CC(=O)Nc1ncc(Cc2ccc(Br)cc2)s1. The molecule has 1 N–H and O–H groups in total. The molecule has 0 saturated heterocycles. The number of anilines is 1. The Hall–Kier alpha value is -1.46. The van der Waals surface area contributed by atoms with Gasteiger partial charge < -0.3 is 0 Å². The van der Waals surface area contributed by atoms with Gasteiger partial charge in [0, 0.05) is 28.0 Å². The van der Waals surface area contributed by atoms with E-state index in [-0.39, 0.29) is 5.91 Å². The molecule has 0 fully saturated rings. The van der Waals surface area contributed by atoms with Crippen molar-refractivity contribution in [3.05, 3.63) is 57.0 Å². The first-order valence-corrected chi connectivity index (χ1v) is 7.79. The summed E-state index contributed by atoms with van der Waals surface area (Å²) >= 11 is 4.92. The topological polar surface area (TPSA) is 42.0 Å². The number of nitrogens with one attached hydrogen (secondary N) is 1. The van der Waals surface area contributed by atoms with Crippen molar-refractivity contribution in [3.63, 3.8) is 0 Å². The van der Waals surface area contributed by atoms with Crippen LogP contribution in [0, 0.1) is 0 Å². The third kappa shape index (κ3) is 4.58. The van der Waals surface area contributed by atoms with Gasteiger partial charge in [-0.1, -0.05) is 33.6 Å². The average Bonchev–Trinajstić information content (AvgIpc) is 2.78. The number of thiazole rings is 1. The lowest BCUT2D eigenvalue weighted by atomic mass is 10.1. The molecular weight excluding hydrogens is 336 g/mol. The lowest BCUT2D eigenvalue weighted by molar-refractivity contribution is -0.111. The number of halogens is 1. The van der Waals surface area contributed by atoms with E-state index in [1.165, 1.54) is 16.9 Å². The summed E-state index contributed by atoms with van der Waals surface area (Å²) in [7, 11) is 0. The minimum absolute atomic E-state index is 0.130. The van der Waals surface area contributed by atoms with Crippen molar-refractivity contribution >= 4 is 38.3 Å². The van der Waals surface area contributed by atoms with Crippen LogP contribution >= 0.6 is 27.3 Å². The van der Waals surface area contributed by atoms with E-state index in [4.69, 9.17) is 0 Å². The largest absolute Gasteiger partial charge is 0.298 e. The molecule has 1 aromatic heterocycles. The molecule has 0 atom stereocenters. The number of carbonyl (C=O) groups is 1. The van der Waals surface area contributed by atoms with Crippen LogP contribution in [-0.4, -0.2) is 10.9 Å². The Morgan fingerprint density at radius 1 is 1.35 bits per heavy atom. The predicted molar refractivity (Wildman–Crippen MR) is 87.1 cm³/mol. The highest BCUT2D eigenvalue weighted by atomic mass is 79.9. The fourth-order valence-electron chi connectivity index (χ4n) is 1.65. The van der Waals surface area contributed by atoms with Gasteiger partial charge in [0.1, 0.15) is 0 Å². The number of aromatic nitrogens is 1. The molecule has 1 amide bonds. The van der Waals surface area contributed by atoms with Crippen LogP contribution in [0.1, 0.15) is 24.3 Å². The zero-order chi connectivity index (χ0) is 14.5. The highest BCUT2D eigenvalue weighted by Crippen LogP contribution is 2.22. The highest BCUT2D eigenvalue weighted by Gasteiger charge is 2.05. The van der Waals surface area contributed by atoms with E-state index in [1.54, 1.807) is 6.08 Å². The Balaban J connectivity index is 2.00. The summed E-state index contributed by atoms with van der Waals surface area (Å²) in [6, 6.07) is 8.19. The van der Waals surface area contributed by atoms with Gasteiger partial charge in [-0.3, -0.25) is 10.1 Å². The van der Waals surface area contributed by atoms with Crippen LogP contribution in [0.3, 0.4) is 0 Å². The summed E-state index contributed by atoms with van der Waals surface area (Å²) in [5, 5.41) is 3.41. The number of amides is 1. The number of allylic oxidation sites excluding steroid dienone is 1. The number of rotatable bonds is 4. The standard InChI is InChI=1S/C15H15BrN2OS/c1-10(2)7-14(19)18-15-17-9-13(20-15)8-11-3-5-12(16)6-4-11/h3-7,9H,8H2,1-2H3,(H,17,18,19). The maximum atomic E-state index is 11.6. The second-order valence-corrected chi connectivity index (χ2v) is 6.68. The van der Waals surface area contributed by atoms with Crippen LogP contribution in [0.5, 0.6) is 0 Å². The molecule has 0 aliphatic carbocycles. The molecule has 0 spiro atoms. The number of nitrogens with zero attached hydrogens (tertiary/aromatic N) is 1. The molecule has 5 heteroatoms. The molecule has 1 heterocycles. The number of hydrogen-bond donors (Lipinski definition) is 1. The minimum atomic E-state index is -0.130. The second kappa shape index (κ2) is 6.81. The van der Waals surface area contributed by atoms with Crippen LogP contribution in [0.15, 0.2) is 46.6 Å². The molecule has 20 heavy (non-hydrogen) atoms. The van der Waals surface area contributed by atoms with Crippen LogP contribution < -0.4 is 5.32 Å². The second-order valence-electron chi connectivity index (χ2n) is 4.65. The molecule has 0 saturated carbocycles. The normalized spacial score (nSPS) is 10.2. The van der Waals surface area contributed by atoms with E-state index < -0.39 is 0 Å². The van der Waals surface area contributed by atoms with Gasteiger partial charge in [-0.2, -0.15) is 0 Å². The zero-order valence-corrected chi connectivity index (χ0v) is 13.7. The molecule has 2 aromatic rings. The van der Waals surface area contributed by atoms with Crippen molar-refractivity contribution in [3.8, 4) is 0 Å². The van der Waals surface area contributed by atoms with Gasteiger partial charge in [0.05, 0.1) is 0 Å². The van der Waals surface area contributed by atoms with Gasteiger partial charge in [-0.15, -0.1) is 11.3 Å². The lowest BCUT2D eigenvalue weighted by Crippen LogP contribution is -2.07. The fourth-order valence-corrected chi connectivity index (χ4v) is 2.77. The number of benzene rings is 1. The van der Waals surface area contributed by atoms with E-state index in [1.807, 2.05) is 32.2 Å². The third-order valence-electron chi connectivity index (χ3n) is 2.50. The highest BCUT2D eigenvalue weighted by molar-refractivity contribution is 9.10. The van der Waals surface area contributed by atoms with Crippen molar-refractivity contribution in [1.29, 1.82) is 0 Å². The molecular formula is C15H15BrN2OS. The van der Waals surface area contributed by atoms with Crippen molar-refractivity contribution in [1.82, 2.24) is 4.98 Å². The van der Waals surface area contributed by atoms with E-state index in [2.05, 4.69) is 38.4 Å². The first-order chi connectivity index (χ1) is 9.52. The van der Waals surface area contributed by atoms with Crippen molar-refractivity contribution in [2.45, 2.75) is 20.3 Å². The van der Waals surface area contributed by atoms with E-state index in [0.717, 1.165) is 21.3 Å². The molecule has 0 bridgehead atoms. The average molecular weight is 351 g/mol. The Labute approximate surface area is 130 Å². The van der Waals surface area contributed by atoms with Gasteiger partial charge in [-0.05, 0) is 31.5 Å². The number of carbonyl (C=O) groups excluding carboxylic acids is 1. The fraction of sp³-hybridized carbons (Fsp3) is 0.200. The summed E-state index contributed by atoms with van der Waals surface area (Å²) in [6.45, 7) is 3.78. The monoisotopic (exact) mass is 350 g/mol. The Bertz CT molecular complexity index is 628. The quantitative estimate of drug-likeness (QED) is 0.830. The van der Waals surface area contributed by atoms with Gasteiger partial charge in [-0.25, -0.2) is 4.98 Å². The summed E-state index contributed by atoms with van der Waals surface area (Å²) in [5.41, 5.74) is 2.19. The maximum absolute atomic E-state index is 11.6. The Morgan fingerprint density at radius 3 is 2.70 bits per heavy atom. The first-order valence-electron chi connectivity index (χ1n) is 6.18. The van der Waals surface area contributed by atoms with Crippen LogP contribution in [0.2, 0.25) is 0 Å². The molecule has 0 radical (unpaired) electrons. The van der Waals surface area contributed by atoms with Gasteiger partial charge >= 0.3 is 0 Å². The predicted octanol–water partition coefficient (Wildman–Crippen LogP) is 4.40. The molecule has 0 unspecified atom stereocenters. The van der Waals surface area contributed by atoms with Gasteiger partial charge in [0.25, 0.3) is 0 Å². The lowest BCUT2D eigenvalue weighted by Gasteiger charge is -1.98. The summed E-state index contributed by atoms with van der Waals surface area (Å²) in [5.74, 6) is -0.130.